The lowest BCUT2D eigenvalue weighted by molar-refractivity contribution is 0.424. The van der Waals surface area contributed by atoms with Crippen molar-refractivity contribution >= 4 is 16.1 Å². The molecule has 2 rings (SSSR count). The summed E-state index contributed by atoms with van der Waals surface area (Å²) in [6, 6.07) is 5.89. The average Bonchev–Trinajstić information content (AvgIpc) is 2.76. The van der Waals surface area contributed by atoms with Crippen molar-refractivity contribution in [2.45, 2.75) is 11.8 Å². The van der Waals surface area contributed by atoms with Gasteiger partial charge in [0, 0.05) is 0 Å². The summed E-state index contributed by atoms with van der Waals surface area (Å²) in [6.07, 6.45) is 1.01. The van der Waals surface area contributed by atoms with Gasteiger partial charge in [0.05, 0.1) is 5.56 Å². The summed E-state index contributed by atoms with van der Waals surface area (Å²) in [5.41, 5.74) is 0.192. The molecular formula is C10H7N3O4S. The van der Waals surface area contributed by atoms with E-state index in [0.717, 1.165) is 6.08 Å². The first-order valence-electron chi connectivity index (χ1n) is 4.78. The van der Waals surface area contributed by atoms with Gasteiger partial charge in [-0.15, -0.1) is 0 Å². The molecule has 0 fully saturated rings. The molecule has 0 aliphatic rings. The molecule has 1 heterocycles. The number of benzene rings is 1. The molecule has 0 radical (unpaired) electrons. The van der Waals surface area contributed by atoms with E-state index in [-0.39, 0.29) is 16.3 Å². The Morgan fingerprint density at radius 1 is 1.33 bits per heavy atom. The first kappa shape index (κ1) is 12.2. The standard InChI is InChI=1S/C10H7N3O4S/c1-7-12-10(17-13-7)8-4-2-3-5-9(8)18(15,16)11-6-14/h2-5H,1H3. The Labute approximate surface area is 102 Å². The van der Waals surface area contributed by atoms with Crippen molar-refractivity contribution in [1.29, 1.82) is 0 Å². The van der Waals surface area contributed by atoms with Crippen LogP contribution in [-0.2, 0) is 14.8 Å². The number of hydrogen-bond acceptors (Lipinski definition) is 6. The largest absolute Gasteiger partial charge is 0.334 e. The highest BCUT2D eigenvalue weighted by molar-refractivity contribution is 7.90. The Balaban J connectivity index is 2.68. The van der Waals surface area contributed by atoms with Gasteiger partial charge in [-0.25, -0.2) is 4.79 Å². The zero-order valence-corrected chi connectivity index (χ0v) is 10.0. The molecule has 18 heavy (non-hydrogen) atoms. The Morgan fingerprint density at radius 3 is 2.67 bits per heavy atom. The van der Waals surface area contributed by atoms with Gasteiger partial charge in [0.2, 0.25) is 0 Å². The van der Waals surface area contributed by atoms with Crippen LogP contribution in [0.4, 0.5) is 0 Å². The van der Waals surface area contributed by atoms with E-state index in [2.05, 4.69) is 14.5 Å². The number of carbonyl (C=O) groups excluding carboxylic acids is 1. The van der Waals surface area contributed by atoms with Crippen molar-refractivity contribution in [3.05, 3.63) is 30.1 Å². The van der Waals surface area contributed by atoms with Crippen molar-refractivity contribution in [3.63, 3.8) is 0 Å². The Morgan fingerprint density at radius 2 is 2.06 bits per heavy atom. The zero-order chi connectivity index (χ0) is 13.2. The van der Waals surface area contributed by atoms with E-state index in [4.69, 9.17) is 4.52 Å². The van der Waals surface area contributed by atoms with Gasteiger partial charge in [-0.3, -0.25) is 0 Å². The molecule has 0 saturated carbocycles. The lowest BCUT2D eigenvalue weighted by Crippen LogP contribution is -1.99. The highest BCUT2D eigenvalue weighted by Gasteiger charge is 2.21. The molecule has 0 spiro atoms. The maximum Gasteiger partial charge on any atom is 0.293 e. The van der Waals surface area contributed by atoms with Gasteiger partial charge in [0.25, 0.3) is 22.0 Å². The van der Waals surface area contributed by atoms with Gasteiger partial charge in [0.1, 0.15) is 4.90 Å². The zero-order valence-electron chi connectivity index (χ0n) is 9.19. The molecule has 8 heteroatoms. The monoisotopic (exact) mass is 265 g/mol. The van der Waals surface area contributed by atoms with Gasteiger partial charge in [-0.2, -0.15) is 13.4 Å². The van der Waals surface area contributed by atoms with Crippen molar-refractivity contribution < 1.29 is 17.7 Å². The molecular weight excluding hydrogens is 258 g/mol. The molecule has 2 aromatic rings. The predicted octanol–water partition coefficient (Wildman–Crippen LogP) is 1.07. The van der Waals surface area contributed by atoms with Crippen molar-refractivity contribution in [1.82, 2.24) is 10.1 Å². The van der Waals surface area contributed by atoms with E-state index in [0.29, 0.717) is 5.82 Å². The molecule has 0 bridgehead atoms. The Bertz CT molecular complexity index is 729. The van der Waals surface area contributed by atoms with Crippen molar-refractivity contribution in [2.75, 3.05) is 0 Å². The number of aromatic nitrogens is 2. The highest BCUT2D eigenvalue weighted by Crippen LogP contribution is 2.26. The SMILES string of the molecule is Cc1noc(-c2ccccc2S(=O)(=O)N=C=O)n1. The Hall–Kier alpha value is -2.31. The van der Waals surface area contributed by atoms with Gasteiger partial charge in [-0.05, 0) is 19.1 Å². The van der Waals surface area contributed by atoms with Crippen LogP contribution in [0.5, 0.6) is 0 Å². The summed E-state index contributed by atoms with van der Waals surface area (Å²) in [5.74, 6) is 0.420. The predicted molar refractivity (Wildman–Crippen MR) is 59.8 cm³/mol. The van der Waals surface area contributed by atoms with Gasteiger partial charge < -0.3 is 4.52 Å². The lowest BCUT2D eigenvalue weighted by atomic mass is 10.2. The van der Waals surface area contributed by atoms with Crippen LogP contribution in [-0.4, -0.2) is 24.6 Å². The number of sulfonamides is 1. The quantitative estimate of drug-likeness (QED) is 0.607. The van der Waals surface area contributed by atoms with Crippen LogP contribution in [0.1, 0.15) is 5.82 Å². The first-order chi connectivity index (χ1) is 8.54. The van der Waals surface area contributed by atoms with Gasteiger partial charge in [-0.1, -0.05) is 21.7 Å². The molecule has 0 aliphatic carbocycles. The van der Waals surface area contributed by atoms with Crippen LogP contribution in [0.25, 0.3) is 11.5 Å². The normalized spacial score (nSPS) is 10.9. The second-order valence-corrected chi connectivity index (χ2v) is 4.87. The molecule has 1 aromatic carbocycles. The summed E-state index contributed by atoms with van der Waals surface area (Å²) in [4.78, 5) is 13.9. The minimum absolute atomic E-state index is 0.0489. The fourth-order valence-corrected chi connectivity index (χ4v) is 2.25. The van der Waals surface area contributed by atoms with Crippen LogP contribution in [0, 0.1) is 6.92 Å². The van der Waals surface area contributed by atoms with E-state index in [9.17, 15) is 13.2 Å². The third-order valence-corrected chi connectivity index (χ3v) is 3.31. The molecule has 1 aromatic heterocycles. The summed E-state index contributed by atoms with van der Waals surface area (Å²) >= 11 is 0. The van der Waals surface area contributed by atoms with Crippen LogP contribution < -0.4 is 0 Å². The molecule has 92 valence electrons. The van der Waals surface area contributed by atoms with Crippen LogP contribution in [0.2, 0.25) is 0 Å². The number of hydrogen-bond donors (Lipinski definition) is 0. The third kappa shape index (κ3) is 2.20. The molecule has 0 N–H and O–H groups in total. The van der Waals surface area contributed by atoms with Gasteiger partial charge in [0.15, 0.2) is 5.82 Å². The summed E-state index contributed by atoms with van der Waals surface area (Å²) in [7, 11) is -4.11. The summed E-state index contributed by atoms with van der Waals surface area (Å²) < 4.78 is 31.1. The second-order valence-electron chi connectivity index (χ2n) is 3.30. The number of isocyanates is 1. The van der Waals surface area contributed by atoms with E-state index in [1.807, 2.05) is 0 Å². The maximum absolute atomic E-state index is 11.7. The van der Waals surface area contributed by atoms with E-state index < -0.39 is 10.0 Å². The molecule has 0 aliphatic heterocycles. The highest BCUT2D eigenvalue weighted by atomic mass is 32.2. The summed E-state index contributed by atoms with van der Waals surface area (Å²) in [5, 5.41) is 3.57. The van der Waals surface area contributed by atoms with E-state index in [1.165, 1.54) is 18.2 Å². The van der Waals surface area contributed by atoms with Crippen molar-refractivity contribution in [3.8, 4) is 11.5 Å². The topological polar surface area (TPSA) is 102 Å². The van der Waals surface area contributed by atoms with Crippen LogP contribution >= 0.6 is 0 Å². The van der Waals surface area contributed by atoms with Crippen LogP contribution in [0.3, 0.4) is 0 Å². The lowest BCUT2D eigenvalue weighted by Gasteiger charge is -2.01. The first-order valence-corrected chi connectivity index (χ1v) is 6.22. The number of aryl methyl sites for hydroxylation is 1. The molecule has 0 saturated heterocycles. The minimum Gasteiger partial charge on any atom is -0.334 e. The molecule has 0 atom stereocenters. The number of nitrogens with zero attached hydrogens (tertiary/aromatic N) is 3. The van der Waals surface area contributed by atoms with E-state index >= 15 is 0 Å². The molecule has 7 nitrogen and oxygen atoms in total. The smallest absolute Gasteiger partial charge is 0.293 e. The second kappa shape index (κ2) is 4.52. The van der Waals surface area contributed by atoms with Gasteiger partial charge >= 0.3 is 0 Å². The number of rotatable bonds is 3. The van der Waals surface area contributed by atoms with Crippen LogP contribution in [0.15, 0.2) is 38.1 Å². The minimum atomic E-state index is -4.11. The fourth-order valence-electron chi connectivity index (χ4n) is 1.37. The third-order valence-electron chi connectivity index (χ3n) is 2.08. The average molecular weight is 265 g/mol. The molecule has 0 unspecified atom stereocenters. The Kier molecular flexibility index (Phi) is 3.05. The van der Waals surface area contributed by atoms with E-state index in [1.54, 1.807) is 13.0 Å². The molecule has 0 amide bonds. The maximum atomic E-state index is 11.7. The summed E-state index contributed by atoms with van der Waals surface area (Å²) in [6.45, 7) is 1.60. The fraction of sp³-hybridized carbons (Fsp3) is 0.100. The van der Waals surface area contributed by atoms with Crippen molar-refractivity contribution in [2.24, 2.45) is 4.40 Å².